The Morgan fingerprint density at radius 1 is 1.17 bits per heavy atom. The first-order chi connectivity index (χ1) is 16.8. The molecular formula is C26H24F2N4O2S. The number of likely N-dealkylation sites (tertiary alicyclic amines) is 1. The summed E-state index contributed by atoms with van der Waals surface area (Å²) in [5.41, 5.74) is 3.07. The van der Waals surface area contributed by atoms with Crippen LogP contribution in [0.4, 0.5) is 14.5 Å². The van der Waals surface area contributed by atoms with Crippen molar-refractivity contribution < 1.29 is 18.1 Å². The Bertz CT molecular complexity index is 1370. The Balaban J connectivity index is 1.40. The predicted octanol–water partition coefficient (Wildman–Crippen LogP) is 6.15. The minimum absolute atomic E-state index is 0.0101. The van der Waals surface area contributed by atoms with E-state index in [9.17, 15) is 13.6 Å². The summed E-state index contributed by atoms with van der Waals surface area (Å²) in [5, 5.41) is 8.99. The van der Waals surface area contributed by atoms with E-state index >= 15 is 0 Å². The molecule has 180 valence electrons. The monoisotopic (exact) mass is 494 g/mol. The summed E-state index contributed by atoms with van der Waals surface area (Å²) < 4.78 is 33.7. The number of hydrogen-bond acceptors (Lipinski definition) is 6. The van der Waals surface area contributed by atoms with Crippen molar-refractivity contribution in [2.24, 2.45) is 0 Å². The Hall–Kier alpha value is -3.43. The third-order valence-electron chi connectivity index (χ3n) is 6.09. The average molecular weight is 495 g/mol. The molecule has 9 heteroatoms. The van der Waals surface area contributed by atoms with Crippen molar-refractivity contribution >= 4 is 22.9 Å². The number of thiazole rings is 1. The van der Waals surface area contributed by atoms with Crippen molar-refractivity contribution in [2.45, 2.75) is 25.7 Å². The zero-order valence-corrected chi connectivity index (χ0v) is 20.3. The highest BCUT2D eigenvalue weighted by molar-refractivity contribution is 7.13. The summed E-state index contributed by atoms with van der Waals surface area (Å²) in [5.74, 6) is -0.385. The first kappa shape index (κ1) is 23.3. The zero-order chi connectivity index (χ0) is 24.7. The Kier molecular flexibility index (Phi) is 6.21. The van der Waals surface area contributed by atoms with Crippen LogP contribution in [0.1, 0.15) is 47.5 Å². The van der Waals surface area contributed by atoms with E-state index in [0.717, 1.165) is 18.7 Å². The van der Waals surface area contributed by atoms with Crippen molar-refractivity contribution in [3.63, 3.8) is 0 Å². The molecule has 1 amide bonds. The van der Waals surface area contributed by atoms with Crippen molar-refractivity contribution in [3.8, 4) is 21.8 Å². The topological polar surface area (TPSA) is 71.3 Å². The molecule has 4 aromatic rings. The highest BCUT2D eigenvalue weighted by Gasteiger charge is 2.27. The third-order valence-corrected chi connectivity index (χ3v) is 6.95. The lowest BCUT2D eigenvalue weighted by Gasteiger charge is -2.36. The largest absolute Gasteiger partial charge is 0.360 e. The lowest BCUT2D eigenvalue weighted by Crippen LogP contribution is -2.41. The minimum Gasteiger partial charge on any atom is -0.360 e. The van der Waals surface area contributed by atoms with Gasteiger partial charge in [-0.3, -0.25) is 4.79 Å². The zero-order valence-electron chi connectivity index (χ0n) is 19.5. The normalized spacial score (nSPS) is 14.3. The molecule has 5 rings (SSSR count). The molecule has 0 spiro atoms. The van der Waals surface area contributed by atoms with Gasteiger partial charge in [-0.15, -0.1) is 11.3 Å². The lowest BCUT2D eigenvalue weighted by atomic mass is 9.92. The summed E-state index contributed by atoms with van der Waals surface area (Å²) in [6, 6.07) is 10.9. The molecule has 6 nitrogen and oxygen atoms in total. The number of nitrogens with zero attached hydrogens (tertiary/aromatic N) is 3. The summed E-state index contributed by atoms with van der Waals surface area (Å²) >= 11 is 1.27. The molecule has 1 aliphatic heterocycles. The number of anilines is 1. The van der Waals surface area contributed by atoms with Gasteiger partial charge in [0.25, 0.3) is 5.91 Å². The van der Waals surface area contributed by atoms with Gasteiger partial charge in [-0.2, -0.15) is 0 Å². The number of amides is 1. The van der Waals surface area contributed by atoms with Crippen LogP contribution in [-0.4, -0.2) is 41.1 Å². The molecule has 0 saturated carbocycles. The molecule has 0 unspecified atom stereocenters. The SMILES string of the molecule is CC(C)c1onc(-c2ccc(F)cc2)c1-c1nc(C(=O)Nc2ccc(C3CN(C)C3)cc2F)cs1. The first-order valence-electron chi connectivity index (χ1n) is 11.3. The maximum absolute atomic E-state index is 14.7. The van der Waals surface area contributed by atoms with Gasteiger partial charge < -0.3 is 14.7 Å². The average Bonchev–Trinajstić information content (AvgIpc) is 3.46. The molecule has 3 heterocycles. The Labute approximate surface area is 205 Å². The summed E-state index contributed by atoms with van der Waals surface area (Å²) in [7, 11) is 2.02. The van der Waals surface area contributed by atoms with Crippen LogP contribution in [0, 0.1) is 11.6 Å². The van der Waals surface area contributed by atoms with E-state index in [1.54, 1.807) is 23.6 Å². The standard InChI is InChI=1S/C26H24F2N4O2S/c1-14(2)24-22(23(31-34-24)15-4-7-18(27)8-5-15)26-30-21(13-35-26)25(33)29-20-9-6-16(10-19(20)28)17-11-32(3)12-17/h4-10,13-14,17H,11-12H2,1-3H3,(H,29,33). The van der Waals surface area contributed by atoms with Crippen LogP contribution < -0.4 is 5.32 Å². The van der Waals surface area contributed by atoms with Crippen LogP contribution in [-0.2, 0) is 0 Å². The van der Waals surface area contributed by atoms with Gasteiger partial charge in [0.05, 0.1) is 11.3 Å². The van der Waals surface area contributed by atoms with Crippen molar-refractivity contribution in [2.75, 3.05) is 25.5 Å². The fourth-order valence-electron chi connectivity index (χ4n) is 4.18. The van der Waals surface area contributed by atoms with Gasteiger partial charge in [-0.1, -0.05) is 25.1 Å². The van der Waals surface area contributed by atoms with Gasteiger partial charge in [0, 0.05) is 35.9 Å². The number of hydrogen-bond donors (Lipinski definition) is 1. The van der Waals surface area contributed by atoms with Crippen LogP contribution in [0.25, 0.3) is 21.8 Å². The Morgan fingerprint density at radius 3 is 2.57 bits per heavy atom. The van der Waals surface area contributed by atoms with E-state index < -0.39 is 11.7 Å². The van der Waals surface area contributed by atoms with Crippen molar-refractivity contribution in [1.29, 1.82) is 0 Å². The van der Waals surface area contributed by atoms with Crippen LogP contribution in [0.2, 0.25) is 0 Å². The highest BCUT2D eigenvalue weighted by atomic mass is 32.1. The minimum atomic E-state index is -0.506. The van der Waals surface area contributed by atoms with Gasteiger partial charge in [0.15, 0.2) is 0 Å². The molecule has 0 bridgehead atoms. The van der Waals surface area contributed by atoms with Crippen LogP contribution in [0.5, 0.6) is 0 Å². The quantitative estimate of drug-likeness (QED) is 0.348. The molecule has 0 radical (unpaired) electrons. The van der Waals surface area contributed by atoms with Gasteiger partial charge in [0.2, 0.25) is 0 Å². The number of carbonyl (C=O) groups is 1. The number of benzene rings is 2. The van der Waals surface area contributed by atoms with E-state index in [4.69, 9.17) is 4.52 Å². The van der Waals surface area contributed by atoms with Crippen molar-refractivity contribution in [3.05, 3.63) is 76.5 Å². The fourth-order valence-corrected chi connectivity index (χ4v) is 5.03. The van der Waals surface area contributed by atoms with E-state index in [1.165, 1.54) is 29.5 Å². The molecule has 2 aromatic carbocycles. The molecule has 1 saturated heterocycles. The molecule has 1 fully saturated rings. The number of rotatable bonds is 6. The fraction of sp³-hybridized carbons (Fsp3) is 0.269. The molecule has 35 heavy (non-hydrogen) atoms. The van der Waals surface area contributed by atoms with E-state index in [-0.39, 0.29) is 23.1 Å². The summed E-state index contributed by atoms with van der Waals surface area (Å²) in [6.45, 7) is 5.73. The van der Waals surface area contributed by atoms with E-state index in [2.05, 4.69) is 20.4 Å². The predicted molar refractivity (Wildman–Crippen MR) is 132 cm³/mol. The number of nitrogens with one attached hydrogen (secondary N) is 1. The third kappa shape index (κ3) is 4.61. The second kappa shape index (κ2) is 9.31. The Morgan fingerprint density at radius 2 is 1.91 bits per heavy atom. The second-order valence-corrected chi connectivity index (χ2v) is 9.94. The maximum Gasteiger partial charge on any atom is 0.275 e. The van der Waals surface area contributed by atoms with Gasteiger partial charge >= 0.3 is 0 Å². The summed E-state index contributed by atoms with van der Waals surface area (Å²) in [4.78, 5) is 19.5. The van der Waals surface area contributed by atoms with Gasteiger partial charge in [-0.05, 0) is 49.0 Å². The van der Waals surface area contributed by atoms with Crippen molar-refractivity contribution in [1.82, 2.24) is 15.0 Å². The second-order valence-electron chi connectivity index (χ2n) is 9.08. The smallest absolute Gasteiger partial charge is 0.275 e. The van der Waals surface area contributed by atoms with E-state index in [1.807, 2.05) is 27.0 Å². The van der Waals surface area contributed by atoms with Gasteiger partial charge in [-0.25, -0.2) is 13.8 Å². The number of likely N-dealkylation sites (N-methyl/N-ethyl adjacent to an activating group) is 1. The number of halogens is 2. The molecule has 1 N–H and O–H groups in total. The van der Waals surface area contributed by atoms with Crippen LogP contribution >= 0.6 is 11.3 Å². The lowest BCUT2D eigenvalue weighted by molar-refractivity contribution is 0.102. The van der Waals surface area contributed by atoms with Crippen LogP contribution in [0.3, 0.4) is 0 Å². The number of aromatic nitrogens is 2. The van der Waals surface area contributed by atoms with E-state index in [0.29, 0.717) is 33.5 Å². The number of carbonyl (C=O) groups excluding carboxylic acids is 1. The molecule has 0 aliphatic carbocycles. The first-order valence-corrected chi connectivity index (χ1v) is 12.2. The van der Waals surface area contributed by atoms with Crippen LogP contribution in [0.15, 0.2) is 52.4 Å². The maximum atomic E-state index is 14.7. The molecule has 0 atom stereocenters. The highest BCUT2D eigenvalue weighted by Crippen LogP contribution is 2.39. The molecule has 1 aliphatic rings. The summed E-state index contributed by atoms with van der Waals surface area (Å²) in [6.07, 6.45) is 0. The molecular weight excluding hydrogens is 470 g/mol. The molecule has 2 aromatic heterocycles. The van der Waals surface area contributed by atoms with Gasteiger partial charge in [0.1, 0.15) is 33.8 Å².